The van der Waals surface area contributed by atoms with Gasteiger partial charge in [-0.2, -0.15) is 10.4 Å². The molecule has 5 nitrogen and oxygen atoms in total. The maximum atomic E-state index is 16.5. The van der Waals surface area contributed by atoms with Crippen LogP contribution in [-0.2, 0) is 11.3 Å². The van der Waals surface area contributed by atoms with Crippen molar-refractivity contribution < 1.29 is 14.3 Å². The first-order chi connectivity index (χ1) is 15.1. The van der Waals surface area contributed by atoms with E-state index >= 15 is 4.39 Å². The number of aromatic nitrogens is 2. The number of hydrogen-bond donors (Lipinski definition) is 1. The van der Waals surface area contributed by atoms with E-state index in [1.165, 1.54) is 0 Å². The number of carbonyl (C=O) groups excluding carboxylic acids is 1. The van der Waals surface area contributed by atoms with E-state index in [0.29, 0.717) is 42.4 Å². The number of carbonyl (C=O) groups is 1. The molecule has 4 saturated carbocycles. The van der Waals surface area contributed by atoms with E-state index in [2.05, 4.69) is 18.1 Å². The van der Waals surface area contributed by atoms with E-state index < -0.39 is 11.3 Å². The fourth-order valence-corrected chi connectivity index (χ4v) is 8.48. The molecule has 174 valence electrons. The molecular formula is C26H36FN3O2. The molecule has 1 heterocycles. The third kappa shape index (κ3) is 3.26. The van der Waals surface area contributed by atoms with Crippen LogP contribution in [0, 0.1) is 53.3 Å². The lowest BCUT2D eigenvalue weighted by Crippen LogP contribution is -2.58. The van der Waals surface area contributed by atoms with Crippen LogP contribution in [0.25, 0.3) is 0 Å². The molecule has 0 radical (unpaired) electrons. The van der Waals surface area contributed by atoms with Gasteiger partial charge >= 0.3 is 0 Å². The number of Topliss-reactive ketones (excluding diaryl/α,β-unsaturated/α-hetero) is 1. The number of rotatable bonds is 3. The predicted octanol–water partition coefficient (Wildman–Crippen LogP) is 4.74. The molecule has 0 unspecified atom stereocenters. The summed E-state index contributed by atoms with van der Waals surface area (Å²) in [7, 11) is 0. The number of nitriles is 1. The summed E-state index contributed by atoms with van der Waals surface area (Å²) in [6, 6.07) is 2.13. The molecule has 1 N–H and O–H groups in total. The molecule has 32 heavy (non-hydrogen) atoms. The fourth-order valence-electron chi connectivity index (χ4n) is 8.48. The maximum Gasteiger partial charge on any atom is 0.157 e. The first kappa shape index (κ1) is 22.1. The Kier molecular flexibility index (Phi) is 5.09. The Hall–Kier alpha value is -1.74. The normalized spacial score (nSPS) is 45.4. The van der Waals surface area contributed by atoms with Crippen LogP contribution >= 0.6 is 0 Å². The number of ketones is 1. The smallest absolute Gasteiger partial charge is 0.157 e. The zero-order valence-electron chi connectivity index (χ0n) is 19.6. The molecule has 0 amide bonds. The third-order valence-electron chi connectivity index (χ3n) is 10.1. The fraction of sp³-hybridized carbons (Fsp3) is 0.808. The second-order valence-electron chi connectivity index (χ2n) is 11.9. The third-order valence-corrected chi connectivity index (χ3v) is 10.1. The quantitative estimate of drug-likeness (QED) is 0.735. The molecule has 0 saturated heterocycles. The highest BCUT2D eigenvalue weighted by Gasteiger charge is 2.63. The van der Waals surface area contributed by atoms with Crippen molar-refractivity contribution in [3.05, 3.63) is 17.5 Å². The molecule has 5 rings (SSSR count). The van der Waals surface area contributed by atoms with Crippen molar-refractivity contribution in [1.82, 2.24) is 9.78 Å². The number of aryl methyl sites for hydroxylation is 1. The molecule has 0 bridgehead atoms. The van der Waals surface area contributed by atoms with Gasteiger partial charge in [-0.25, -0.2) is 4.39 Å². The number of halogens is 1. The molecule has 0 aliphatic heterocycles. The lowest BCUT2D eigenvalue weighted by atomic mass is 9.48. The van der Waals surface area contributed by atoms with Crippen LogP contribution in [0.2, 0.25) is 0 Å². The Bertz CT molecular complexity index is 965. The average molecular weight is 442 g/mol. The summed E-state index contributed by atoms with van der Waals surface area (Å²) in [6.45, 7) is 6.15. The molecule has 1 aromatic heterocycles. The summed E-state index contributed by atoms with van der Waals surface area (Å²) in [5.41, 5.74) is -0.758. The minimum absolute atomic E-state index is 0.0103. The second kappa shape index (κ2) is 7.38. The highest BCUT2D eigenvalue weighted by Crippen LogP contribution is 2.66. The molecule has 0 aromatic carbocycles. The predicted molar refractivity (Wildman–Crippen MR) is 118 cm³/mol. The summed E-state index contributed by atoms with van der Waals surface area (Å²) in [5.74, 6) is 1.01. The zero-order valence-corrected chi connectivity index (χ0v) is 19.6. The van der Waals surface area contributed by atoms with Crippen molar-refractivity contribution in [2.45, 2.75) is 96.4 Å². The molecule has 1 aromatic rings. The summed E-state index contributed by atoms with van der Waals surface area (Å²) in [5, 5.41) is 24.1. The van der Waals surface area contributed by atoms with Gasteiger partial charge < -0.3 is 5.11 Å². The van der Waals surface area contributed by atoms with Gasteiger partial charge in [-0.3, -0.25) is 9.48 Å². The minimum atomic E-state index is -1.14. The first-order valence-electron chi connectivity index (χ1n) is 12.5. The van der Waals surface area contributed by atoms with E-state index in [1.807, 2.05) is 6.92 Å². The Morgan fingerprint density at radius 1 is 1.22 bits per heavy atom. The van der Waals surface area contributed by atoms with Crippen LogP contribution in [-0.4, -0.2) is 31.9 Å². The van der Waals surface area contributed by atoms with Gasteiger partial charge in [0.25, 0.3) is 0 Å². The summed E-state index contributed by atoms with van der Waals surface area (Å²) >= 11 is 0. The van der Waals surface area contributed by atoms with E-state index in [0.717, 1.165) is 38.5 Å². The number of hydrogen-bond acceptors (Lipinski definition) is 4. The SMILES string of the molecule is Cc1nn(CC(=O)[C@H]2CC[C@H]3[C@@H]4CC[C@@H]5C[C@](C)(O)CC[C@]5(F)[C@H]4CC[C@]23C)cc1C#N. The van der Waals surface area contributed by atoms with Crippen molar-refractivity contribution >= 4 is 5.78 Å². The van der Waals surface area contributed by atoms with Crippen molar-refractivity contribution in [1.29, 1.82) is 5.26 Å². The van der Waals surface area contributed by atoms with E-state index in [1.54, 1.807) is 17.8 Å². The Morgan fingerprint density at radius 2 is 2.00 bits per heavy atom. The molecule has 4 aliphatic rings. The van der Waals surface area contributed by atoms with Crippen molar-refractivity contribution in [2.75, 3.05) is 0 Å². The van der Waals surface area contributed by atoms with E-state index in [4.69, 9.17) is 0 Å². The largest absolute Gasteiger partial charge is 0.390 e. The Morgan fingerprint density at radius 3 is 2.72 bits per heavy atom. The van der Waals surface area contributed by atoms with E-state index in [-0.39, 0.29) is 35.5 Å². The van der Waals surface area contributed by atoms with Crippen LogP contribution in [0.3, 0.4) is 0 Å². The summed E-state index contributed by atoms with van der Waals surface area (Å²) in [6.07, 6.45) is 8.85. The van der Waals surface area contributed by atoms with Crippen LogP contribution in [0.4, 0.5) is 4.39 Å². The highest BCUT2D eigenvalue weighted by molar-refractivity contribution is 5.82. The molecule has 4 fully saturated rings. The topological polar surface area (TPSA) is 78.9 Å². The monoisotopic (exact) mass is 441 g/mol. The van der Waals surface area contributed by atoms with Gasteiger partial charge in [0.05, 0.1) is 23.4 Å². The lowest BCUT2D eigenvalue weighted by Gasteiger charge is -2.59. The van der Waals surface area contributed by atoms with Crippen molar-refractivity contribution in [2.24, 2.45) is 35.0 Å². The number of nitrogens with zero attached hydrogens (tertiary/aromatic N) is 3. The van der Waals surface area contributed by atoms with Gasteiger partial charge in [0.15, 0.2) is 5.78 Å². The van der Waals surface area contributed by atoms with Crippen LogP contribution < -0.4 is 0 Å². The lowest BCUT2D eigenvalue weighted by molar-refractivity contribution is -0.166. The number of alkyl halides is 1. The van der Waals surface area contributed by atoms with Crippen LogP contribution in [0.5, 0.6) is 0 Å². The summed E-state index contributed by atoms with van der Waals surface area (Å²) < 4.78 is 18.1. The molecule has 8 atom stereocenters. The minimum Gasteiger partial charge on any atom is -0.390 e. The maximum absolute atomic E-state index is 16.5. The molecule has 6 heteroatoms. The van der Waals surface area contributed by atoms with Crippen molar-refractivity contribution in [3.8, 4) is 6.07 Å². The molecule has 4 aliphatic carbocycles. The van der Waals surface area contributed by atoms with Gasteiger partial charge in [0.1, 0.15) is 11.7 Å². The second-order valence-corrected chi connectivity index (χ2v) is 11.9. The average Bonchev–Trinajstić information content (AvgIpc) is 3.27. The zero-order chi connectivity index (χ0) is 22.9. The molecular weight excluding hydrogens is 405 g/mol. The van der Waals surface area contributed by atoms with Crippen LogP contribution in [0.15, 0.2) is 6.20 Å². The van der Waals surface area contributed by atoms with Crippen molar-refractivity contribution in [3.63, 3.8) is 0 Å². The first-order valence-corrected chi connectivity index (χ1v) is 12.5. The highest BCUT2D eigenvalue weighted by atomic mass is 19.1. The van der Waals surface area contributed by atoms with Gasteiger partial charge in [-0.15, -0.1) is 0 Å². The number of fused-ring (bicyclic) bond motifs is 5. The van der Waals surface area contributed by atoms with Gasteiger partial charge in [0.2, 0.25) is 0 Å². The Labute approximate surface area is 190 Å². The standard InChI is InChI=1S/C26H36FN3O2/c1-16-17(13-28)14-30(29-16)15-23(31)22-7-6-20-19-5-4-18-12-24(2,32)10-11-26(18,27)21(19)8-9-25(20,22)3/h14,18-22,32H,4-12,15H2,1-3H3/t18-,19+,20+,21+,22-,24-,25+,26-/m1/s1. The molecule has 0 spiro atoms. The van der Waals surface area contributed by atoms with Crippen LogP contribution in [0.1, 0.15) is 82.9 Å². The Balaban J connectivity index is 1.34. The number of aliphatic hydroxyl groups is 1. The summed E-state index contributed by atoms with van der Waals surface area (Å²) in [4.78, 5) is 13.4. The van der Waals surface area contributed by atoms with Gasteiger partial charge in [0, 0.05) is 12.1 Å². The van der Waals surface area contributed by atoms with Gasteiger partial charge in [-0.1, -0.05) is 6.92 Å². The van der Waals surface area contributed by atoms with E-state index in [9.17, 15) is 15.2 Å². The van der Waals surface area contributed by atoms with Gasteiger partial charge in [-0.05, 0) is 101 Å².